The summed E-state index contributed by atoms with van der Waals surface area (Å²) in [6.45, 7) is 1.58. The maximum Gasteiger partial charge on any atom is 0.268 e. The van der Waals surface area contributed by atoms with E-state index in [4.69, 9.17) is 0 Å². The van der Waals surface area contributed by atoms with Gasteiger partial charge in [0.05, 0.1) is 12.1 Å². The first kappa shape index (κ1) is 13.7. The van der Waals surface area contributed by atoms with Crippen molar-refractivity contribution in [1.29, 1.82) is 0 Å². The third-order valence-electron chi connectivity index (χ3n) is 3.08. The van der Waals surface area contributed by atoms with Crippen molar-refractivity contribution in [2.45, 2.75) is 13.5 Å². The van der Waals surface area contributed by atoms with Crippen LogP contribution in [0.2, 0.25) is 0 Å². The number of H-pyrrole nitrogens is 1. The Morgan fingerprint density at radius 3 is 2.95 bits per heavy atom. The second kappa shape index (κ2) is 5.25. The minimum atomic E-state index is -0.683. The number of aryl methyl sites for hydroxylation is 1. The predicted octanol–water partition coefficient (Wildman–Crippen LogP) is 3.18. The van der Waals surface area contributed by atoms with Crippen molar-refractivity contribution < 1.29 is 8.78 Å². The second-order valence-electron chi connectivity index (χ2n) is 4.55. The second-order valence-corrected chi connectivity index (χ2v) is 5.47. The van der Waals surface area contributed by atoms with Gasteiger partial charge in [-0.1, -0.05) is 6.07 Å². The molecular formula is C14H11F2N3OS. The average Bonchev–Trinajstić information content (AvgIpc) is 2.92. The molecule has 0 saturated heterocycles. The highest BCUT2D eigenvalue weighted by Gasteiger charge is 2.12. The van der Waals surface area contributed by atoms with Crippen LogP contribution in [0, 0.1) is 18.6 Å². The Balaban J connectivity index is 1.90. The Morgan fingerprint density at radius 1 is 1.33 bits per heavy atom. The van der Waals surface area contributed by atoms with E-state index in [-0.39, 0.29) is 17.8 Å². The van der Waals surface area contributed by atoms with E-state index in [9.17, 15) is 13.6 Å². The van der Waals surface area contributed by atoms with Crippen molar-refractivity contribution in [3.05, 3.63) is 57.0 Å². The largest absolute Gasteiger partial charge is 0.373 e. The first-order chi connectivity index (χ1) is 10.1. The van der Waals surface area contributed by atoms with E-state index in [1.165, 1.54) is 23.5 Å². The molecule has 2 aromatic heterocycles. The number of aromatic nitrogens is 2. The monoisotopic (exact) mass is 307 g/mol. The van der Waals surface area contributed by atoms with Gasteiger partial charge in [-0.05, 0) is 30.0 Å². The number of benzene rings is 1. The summed E-state index contributed by atoms with van der Waals surface area (Å²) < 4.78 is 28.0. The normalized spacial score (nSPS) is 11.0. The molecule has 0 fully saturated rings. The molecular weight excluding hydrogens is 296 g/mol. The third-order valence-corrected chi connectivity index (χ3v) is 3.98. The van der Waals surface area contributed by atoms with Crippen LogP contribution in [0.25, 0.3) is 10.2 Å². The topological polar surface area (TPSA) is 57.8 Å². The fraction of sp³-hybridized carbons (Fsp3) is 0.143. The summed E-state index contributed by atoms with van der Waals surface area (Å²) in [7, 11) is 0. The van der Waals surface area contributed by atoms with Crippen LogP contribution in [0.3, 0.4) is 0 Å². The van der Waals surface area contributed by atoms with Gasteiger partial charge in [-0.15, -0.1) is 11.3 Å². The van der Waals surface area contributed by atoms with Gasteiger partial charge in [-0.25, -0.2) is 13.8 Å². The number of aromatic amines is 1. The molecule has 0 saturated carbocycles. The predicted molar refractivity (Wildman–Crippen MR) is 78.7 cm³/mol. The van der Waals surface area contributed by atoms with Crippen LogP contribution in [-0.4, -0.2) is 9.97 Å². The molecule has 3 aromatic rings. The first-order valence-corrected chi connectivity index (χ1v) is 7.09. The molecule has 0 aliphatic rings. The highest BCUT2D eigenvalue weighted by atomic mass is 32.1. The number of anilines is 1. The fourth-order valence-electron chi connectivity index (χ4n) is 2.00. The number of hydrogen-bond donors (Lipinski definition) is 2. The van der Waals surface area contributed by atoms with E-state index in [1.54, 1.807) is 18.4 Å². The molecule has 0 radical (unpaired) electrons. The quantitative estimate of drug-likeness (QED) is 0.781. The van der Waals surface area contributed by atoms with E-state index in [2.05, 4.69) is 15.3 Å². The van der Waals surface area contributed by atoms with Crippen molar-refractivity contribution in [2.75, 3.05) is 5.32 Å². The van der Waals surface area contributed by atoms with Crippen molar-refractivity contribution in [3.63, 3.8) is 0 Å². The van der Waals surface area contributed by atoms with Gasteiger partial charge in [0, 0.05) is 0 Å². The molecule has 21 heavy (non-hydrogen) atoms. The minimum Gasteiger partial charge on any atom is -0.373 e. The maximum atomic E-state index is 13.9. The molecule has 2 heterocycles. The van der Waals surface area contributed by atoms with Crippen LogP contribution >= 0.6 is 11.3 Å². The molecule has 7 heteroatoms. The Kier molecular flexibility index (Phi) is 3.42. The molecule has 1 aromatic carbocycles. The van der Waals surface area contributed by atoms with E-state index >= 15 is 0 Å². The number of hydrogen-bond acceptors (Lipinski definition) is 4. The molecule has 4 nitrogen and oxygen atoms in total. The van der Waals surface area contributed by atoms with Crippen LogP contribution in [0.1, 0.15) is 11.4 Å². The van der Waals surface area contributed by atoms with Gasteiger partial charge in [0.15, 0.2) is 5.82 Å². The Hall–Kier alpha value is -2.28. The summed E-state index contributed by atoms with van der Waals surface area (Å²) >= 11 is 1.30. The number of nitrogens with zero attached hydrogens (tertiary/aromatic N) is 1. The van der Waals surface area contributed by atoms with E-state index in [0.29, 0.717) is 21.6 Å². The molecule has 0 aliphatic heterocycles. The van der Waals surface area contributed by atoms with Gasteiger partial charge in [-0.2, -0.15) is 0 Å². The van der Waals surface area contributed by atoms with E-state index in [0.717, 1.165) is 0 Å². The summed E-state index contributed by atoms with van der Waals surface area (Å²) in [5, 5.41) is 4.41. The standard InChI is InChI=1S/C14H11F2N3OS/c1-7-2-3-8(15)12(11(7)16)17-6-10-18-9-4-5-21-13(9)14(20)19-10/h2-5,17H,6H2,1H3,(H,18,19,20). The third kappa shape index (κ3) is 2.52. The first-order valence-electron chi connectivity index (χ1n) is 6.21. The maximum absolute atomic E-state index is 13.9. The lowest BCUT2D eigenvalue weighted by molar-refractivity contribution is 0.582. The summed E-state index contributed by atoms with van der Waals surface area (Å²) in [5.41, 5.74) is 0.444. The summed E-state index contributed by atoms with van der Waals surface area (Å²) in [6.07, 6.45) is 0. The van der Waals surface area contributed by atoms with Gasteiger partial charge in [-0.3, -0.25) is 4.79 Å². The molecule has 0 aliphatic carbocycles. The van der Waals surface area contributed by atoms with Crippen LogP contribution in [0.15, 0.2) is 28.4 Å². The molecule has 0 unspecified atom stereocenters. The number of fused-ring (bicyclic) bond motifs is 1. The Labute approximate surface area is 122 Å². The average molecular weight is 307 g/mol. The molecule has 0 amide bonds. The van der Waals surface area contributed by atoms with Crippen LogP contribution in [-0.2, 0) is 6.54 Å². The summed E-state index contributed by atoms with van der Waals surface area (Å²) in [6, 6.07) is 4.29. The van der Waals surface area contributed by atoms with Gasteiger partial charge in [0.1, 0.15) is 22.0 Å². The molecule has 0 bridgehead atoms. The lowest BCUT2D eigenvalue weighted by Gasteiger charge is -2.09. The fourth-order valence-corrected chi connectivity index (χ4v) is 2.72. The highest BCUT2D eigenvalue weighted by molar-refractivity contribution is 7.17. The van der Waals surface area contributed by atoms with Crippen molar-refractivity contribution in [2.24, 2.45) is 0 Å². The van der Waals surface area contributed by atoms with Gasteiger partial charge < -0.3 is 10.3 Å². The number of nitrogens with one attached hydrogen (secondary N) is 2. The molecule has 108 valence electrons. The highest BCUT2D eigenvalue weighted by Crippen LogP contribution is 2.22. The van der Waals surface area contributed by atoms with E-state index < -0.39 is 11.6 Å². The number of rotatable bonds is 3. The van der Waals surface area contributed by atoms with E-state index in [1.807, 2.05) is 0 Å². The zero-order valence-corrected chi connectivity index (χ0v) is 11.9. The number of thiophene rings is 1. The minimum absolute atomic E-state index is 0.0261. The summed E-state index contributed by atoms with van der Waals surface area (Å²) in [4.78, 5) is 18.6. The van der Waals surface area contributed by atoms with Gasteiger partial charge >= 0.3 is 0 Å². The Bertz CT molecular complexity index is 872. The SMILES string of the molecule is Cc1ccc(F)c(NCc2nc3ccsc3c(=O)[nH]2)c1F. The zero-order valence-electron chi connectivity index (χ0n) is 11.0. The smallest absolute Gasteiger partial charge is 0.268 e. The zero-order chi connectivity index (χ0) is 15.0. The van der Waals surface area contributed by atoms with Crippen LogP contribution in [0.4, 0.5) is 14.5 Å². The van der Waals surface area contributed by atoms with Crippen LogP contribution < -0.4 is 10.9 Å². The molecule has 0 atom stereocenters. The van der Waals surface area contributed by atoms with Gasteiger partial charge in [0.2, 0.25) is 0 Å². The number of halogens is 2. The van der Waals surface area contributed by atoms with Crippen molar-refractivity contribution in [3.8, 4) is 0 Å². The molecule has 2 N–H and O–H groups in total. The molecule has 3 rings (SSSR count). The Morgan fingerprint density at radius 2 is 2.14 bits per heavy atom. The molecule has 0 spiro atoms. The summed E-state index contributed by atoms with van der Waals surface area (Å²) in [5.74, 6) is -1.00. The lowest BCUT2D eigenvalue weighted by atomic mass is 10.2. The van der Waals surface area contributed by atoms with Crippen LogP contribution in [0.5, 0.6) is 0 Å². The lowest BCUT2D eigenvalue weighted by Crippen LogP contribution is -2.14. The van der Waals surface area contributed by atoms with Crippen molar-refractivity contribution >= 4 is 27.2 Å². The van der Waals surface area contributed by atoms with Crippen molar-refractivity contribution in [1.82, 2.24) is 9.97 Å². The van der Waals surface area contributed by atoms with Gasteiger partial charge in [0.25, 0.3) is 5.56 Å².